The molecule has 3 rings (SSSR count). The van der Waals surface area contributed by atoms with Crippen molar-refractivity contribution in [2.24, 2.45) is 5.10 Å². The summed E-state index contributed by atoms with van der Waals surface area (Å²) >= 11 is 12.0. The van der Waals surface area contributed by atoms with Crippen molar-refractivity contribution in [1.29, 1.82) is 0 Å². The maximum absolute atomic E-state index is 12.0. The number of amides is 2. The molecule has 0 aliphatic heterocycles. The summed E-state index contributed by atoms with van der Waals surface area (Å²) in [5.74, 6) is -0.710. The van der Waals surface area contributed by atoms with Crippen molar-refractivity contribution < 1.29 is 19.1 Å². The molecule has 0 spiro atoms. The summed E-state index contributed by atoms with van der Waals surface area (Å²) in [5, 5.41) is 7.30. The van der Waals surface area contributed by atoms with E-state index in [1.807, 2.05) is 25.1 Å². The maximum Gasteiger partial charge on any atom is 0.329 e. The Morgan fingerprint density at radius 3 is 2.48 bits per heavy atom. The van der Waals surface area contributed by atoms with Gasteiger partial charge in [-0.05, 0) is 60.0 Å². The Balaban J connectivity index is 1.58. The van der Waals surface area contributed by atoms with Crippen LogP contribution in [0.2, 0.25) is 10.0 Å². The third kappa shape index (κ3) is 6.71. The molecule has 7 nitrogen and oxygen atoms in total. The smallest absolute Gasteiger partial charge is 0.329 e. The van der Waals surface area contributed by atoms with E-state index in [9.17, 15) is 9.59 Å². The number of halogens is 2. The van der Waals surface area contributed by atoms with Gasteiger partial charge in [0.1, 0.15) is 6.61 Å². The Bertz CT molecular complexity index is 1200. The van der Waals surface area contributed by atoms with Gasteiger partial charge >= 0.3 is 11.8 Å². The van der Waals surface area contributed by atoms with Gasteiger partial charge in [-0.15, -0.1) is 0 Å². The molecule has 33 heavy (non-hydrogen) atoms. The Hall–Kier alpha value is -3.55. The molecule has 0 bridgehead atoms. The molecule has 0 aliphatic rings. The molecule has 0 aliphatic carbocycles. The van der Waals surface area contributed by atoms with Gasteiger partial charge in [-0.2, -0.15) is 5.10 Å². The zero-order chi connectivity index (χ0) is 23.8. The minimum absolute atomic E-state index is 0.271. The molecule has 0 radical (unpaired) electrons. The first-order valence-electron chi connectivity index (χ1n) is 9.82. The third-order valence-corrected chi connectivity index (χ3v) is 5.28. The number of carbonyl (C=O) groups is 2. The summed E-state index contributed by atoms with van der Waals surface area (Å²) in [7, 11) is 1.51. The van der Waals surface area contributed by atoms with Crippen LogP contribution in [0.4, 0.5) is 5.69 Å². The summed E-state index contributed by atoms with van der Waals surface area (Å²) in [6, 6.07) is 17.5. The van der Waals surface area contributed by atoms with Crippen LogP contribution < -0.4 is 20.2 Å². The molecule has 9 heteroatoms. The number of nitrogens with zero attached hydrogens (tertiary/aromatic N) is 1. The van der Waals surface area contributed by atoms with Gasteiger partial charge in [0.25, 0.3) is 0 Å². The SMILES string of the molecule is COc1cc(/C=N\NC(=O)C(=O)Nc2ccccc2C)ccc1OCc1ccc(Cl)c(Cl)c1. The fourth-order valence-corrected chi connectivity index (χ4v) is 3.10. The van der Waals surface area contributed by atoms with Gasteiger partial charge in [-0.1, -0.05) is 47.5 Å². The lowest BCUT2D eigenvalue weighted by Crippen LogP contribution is -2.32. The van der Waals surface area contributed by atoms with Gasteiger partial charge in [-0.25, -0.2) is 5.43 Å². The fourth-order valence-electron chi connectivity index (χ4n) is 2.78. The number of hydrogen-bond acceptors (Lipinski definition) is 5. The van der Waals surface area contributed by atoms with Gasteiger partial charge in [0.15, 0.2) is 11.5 Å². The van der Waals surface area contributed by atoms with Gasteiger partial charge in [0.05, 0.1) is 23.4 Å². The Labute approximate surface area is 201 Å². The van der Waals surface area contributed by atoms with Crippen LogP contribution in [-0.4, -0.2) is 25.1 Å². The van der Waals surface area contributed by atoms with Crippen LogP contribution in [0.5, 0.6) is 11.5 Å². The molecule has 0 aromatic heterocycles. The van der Waals surface area contributed by atoms with E-state index in [-0.39, 0.29) is 6.61 Å². The first kappa shape index (κ1) is 24.1. The molecular weight excluding hydrogens is 465 g/mol. The highest BCUT2D eigenvalue weighted by Crippen LogP contribution is 2.29. The molecule has 3 aromatic rings. The topological polar surface area (TPSA) is 89.0 Å². The van der Waals surface area contributed by atoms with E-state index in [4.69, 9.17) is 32.7 Å². The van der Waals surface area contributed by atoms with Gasteiger partial charge in [0.2, 0.25) is 0 Å². The molecule has 0 saturated carbocycles. The minimum Gasteiger partial charge on any atom is -0.493 e. The quantitative estimate of drug-likeness (QED) is 0.280. The molecule has 2 amide bonds. The average molecular weight is 486 g/mol. The Morgan fingerprint density at radius 1 is 0.970 bits per heavy atom. The second kappa shape index (κ2) is 11.4. The van der Waals surface area contributed by atoms with Crippen LogP contribution in [-0.2, 0) is 16.2 Å². The van der Waals surface area contributed by atoms with Gasteiger partial charge < -0.3 is 14.8 Å². The summed E-state index contributed by atoms with van der Waals surface area (Å²) < 4.78 is 11.2. The number of para-hydroxylation sites is 1. The van der Waals surface area contributed by atoms with E-state index in [1.165, 1.54) is 13.3 Å². The lowest BCUT2D eigenvalue weighted by Gasteiger charge is -2.11. The highest BCUT2D eigenvalue weighted by molar-refractivity contribution is 6.42. The number of ether oxygens (including phenoxy) is 2. The Kier molecular flexibility index (Phi) is 8.29. The number of rotatable bonds is 7. The molecule has 0 heterocycles. The summed E-state index contributed by atoms with van der Waals surface area (Å²) in [6.45, 7) is 2.10. The normalized spacial score (nSPS) is 10.7. The van der Waals surface area contributed by atoms with Crippen molar-refractivity contribution in [3.8, 4) is 11.5 Å². The van der Waals surface area contributed by atoms with E-state index in [1.54, 1.807) is 42.5 Å². The molecule has 3 aromatic carbocycles. The van der Waals surface area contributed by atoms with Crippen LogP contribution in [0.15, 0.2) is 65.8 Å². The van der Waals surface area contributed by atoms with Crippen LogP contribution in [0, 0.1) is 6.92 Å². The molecule has 0 atom stereocenters. The van der Waals surface area contributed by atoms with Crippen molar-refractivity contribution in [2.75, 3.05) is 12.4 Å². The van der Waals surface area contributed by atoms with Gasteiger partial charge in [-0.3, -0.25) is 9.59 Å². The number of anilines is 1. The van der Waals surface area contributed by atoms with Crippen LogP contribution >= 0.6 is 23.2 Å². The van der Waals surface area contributed by atoms with E-state index >= 15 is 0 Å². The number of hydrogen-bond donors (Lipinski definition) is 2. The molecule has 0 saturated heterocycles. The lowest BCUT2D eigenvalue weighted by atomic mass is 10.2. The maximum atomic E-state index is 12.0. The van der Waals surface area contributed by atoms with Crippen LogP contribution in [0.1, 0.15) is 16.7 Å². The first-order valence-corrected chi connectivity index (χ1v) is 10.6. The van der Waals surface area contributed by atoms with Crippen LogP contribution in [0.25, 0.3) is 0 Å². The van der Waals surface area contributed by atoms with Crippen molar-refractivity contribution in [3.63, 3.8) is 0 Å². The number of benzene rings is 3. The van der Waals surface area contributed by atoms with E-state index in [0.29, 0.717) is 32.8 Å². The predicted molar refractivity (Wildman–Crippen MR) is 129 cm³/mol. The first-order chi connectivity index (χ1) is 15.9. The molecule has 0 fully saturated rings. The van der Waals surface area contributed by atoms with Crippen molar-refractivity contribution >= 4 is 46.9 Å². The fraction of sp³-hybridized carbons (Fsp3) is 0.125. The monoisotopic (exact) mass is 485 g/mol. The van der Waals surface area contributed by atoms with E-state index < -0.39 is 11.8 Å². The minimum atomic E-state index is -0.886. The number of aryl methyl sites for hydroxylation is 1. The third-order valence-electron chi connectivity index (χ3n) is 4.55. The van der Waals surface area contributed by atoms with Crippen molar-refractivity contribution in [2.45, 2.75) is 13.5 Å². The molecule has 170 valence electrons. The van der Waals surface area contributed by atoms with Crippen molar-refractivity contribution in [3.05, 3.63) is 87.4 Å². The summed E-state index contributed by atoms with van der Waals surface area (Å²) in [6.07, 6.45) is 1.39. The number of nitrogens with one attached hydrogen (secondary N) is 2. The zero-order valence-corrected chi connectivity index (χ0v) is 19.4. The highest BCUT2D eigenvalue weighted by Gasteiger charge is 2.13. The van der Waals surface area contributed by atoms with Crippen molar-refractivity contribution in [1.82, 2.24) is 5.43 Å². The average Bonchev–Trinajstić information content (AvgIpc) is 2.81. The molecular formula is C24H21Cl2N3O4. The summed E-state index contributed by atoms with van der Waals surface area (Å²) in [5.41, 5.74) is 5.09. The highest BCUT2D eigenvalue weighted by atomic mass is 35.5. The number of hydrazone groups is 1. The number of methoxy groups -OCH3 is 1. The second-order valence-corrected chi connectivity index (χ2v) is 7.73. The second-order valence-electron chi connectivity index (χ2n) is 6.92. The largest absolute Gasteiger partial charge is 0.493 e. The lowest BCUT2D eigenvalue weighted by molar-refractivity contribution is -0.136. The van der Waals surface area contributed by atoms with Crippen LogP contribution in [0.3, 0.4) is 0 Å². The van der Waals surface area contributed by atoms with E-state index in [2.05, 4.69) is 15.8 Å². The van der Waals surface area contributed by atoms with Gasteiger partial charge in [0, 0.05) is 5.69 Å². The Morgan fingerprint density at radius 2 is 1.76 bits per heavy atom. The predicted octanol–water partition coefficient (Wildman–Crippen LogP) is 4.98. The van der Waals surface area contributed by atoms with E-state index in [0.717, 1.165) is 11.1 Å². The molecule has 2 N–H and O–H groups in total. The standard InChI is InChI=1S/C24H21Cl2N3O4/c1-15-5-3-4-6-20(15)28-23(30)24(31)29-27-13-16-8-10-21(22(12-16)32-2)33-14-17-7-9-18(25)19(26)11-17/h3-13H,14H2,1-2H3,(H,28,30)(H,29,31)/b27-13-. The number of carbonyl (C=O) groups excluding carboxylic acids is 2. The zero-order valence-electron chi connectivity index (χ0n) is 17.9. The summed E-state index contributed by atoms with van der Waals surface area (Å²) in [4.78, 5) is 24.0. The molecule has 0 unspecified atom stereocenters.